The van der Waals surface area contributed by atoms with Crippen molar-refractivity contribution in [3.05, 3.63) is 18.2 Å². The summed E-state index contributed by atoms with van der Waals surface area (Å²) < 4.78 is 1.87. The van der Waals surface area contributed by atoms with E-state index in [1.54, 1.807) is 6.20 Å². The smallest absolute Gasteiger partial charge is 0.323 e. The van der Waals surface area contributed by atoms with Crippen molar-refractivity contribution in [2.24, 2.45) is 7.05 Å². The highest BCUT2D eigenvalue weighted by Crippen LogP contribution is 1.94. The Labute approximate surface area is 99.1 Å². The number of aliphatic carboxylic acids is 1. The summed E-state index contributed by atoms with van der Waals surface area (Å²) in [5, 5.41) is 11.1. The van der Waals surface area contributed by atoms with Crippen LogP contribution in [0, 0.1) is 0 Å². The van der Waals surface area contributed by atoms with E-state index in [0.29, 0.717) is 13.0 Å². The lowest BCUT2D eigenvalue weighted by Crippen LogP contribution is -2.40. The van der Waals surface area contributed by atoms with Crippen molar-refractivity contribution in [2.75, 3.05) is 20.1 Å². The van der Waals surface area contributed by atoms with Crippen molar-refractivity contribution in [2.45, 2.75) is 6.42 Å². The van der Waals surface area contributed by atoms with Crippen LogP contribution in [0.2, 0.25) is 0 Å². The zero-order valence-corrected chi connectivity index (χ0v) is 9.88. The molecule has 0 aliphatic heterocycles. The van der Waals surface area contributed by atoms with Gasteiger partial charge in [0, 0.05) is 39.5 Å². The summed E-state index contributed by atoms with van der Waals surface area (Å²) in [5.41, 5.74) is 0. The van der Waals surface area contributed by atoms with Gasteiger partial charge in [-0.25, -0.2) is 9.78 Å². The Bertz CT molecular complexity index is 402. The minimum atomic E-state index is -1.04. The Morgan fingerprint density at radius 2 is 2.29 bits per heavy atom. The van der Waals surface area contributed by atoms with E-state index >= 15 is 0 Å². The van der Waals surface area contributed by atoms with Gasteiger partial charge >= 0.3 is 12.0 Å². The van der Waals surface area contributed by atoms with Gasteiger partial charge in [-0.3, -0.25) is 4.79 Å². The number of carbonyl (C=O) groups is 2. The first-order valence-electron chi connectivity index (χ1n) is 5.17. The molecule has 94 valence electrons. The molecule has 7 heteroatoms. The highest BCUT2D eigenvalue weighted by molar-refractivity contribution is 5.79. The number of hydrogen-bond donors (Lipinski definition) is 2. The van der Waals surface area contributed by atoms with Gasteiger partial charge in [-0.05, 0) is 0 Å². The van der Waals surface area contributed by atoms with Crippen LogP contribution in [0.4, 0.5) is 4.79 Å². The Morgan fingerprint density at radius 3 is 2.82 bits per heavy atom. The molecule has 0 bridgehead atoms. The molecule has 0 saturated carbocycles. The molecule has 0 fully saturated rings. The topological polar surface area (TPSA) is 87.5 Å². The van der Waals surface area contributed by atoms with Crippen LogP contribution < -0.4 is 5.32 Å². The monoisotopic (exact) mass is 240 g/mol. The molecule has 2 N–H and O–H groups in total. The molecule has 0 radical (unpaired) electrons. The number of nitrogens with zero attached hydrogens (tertiary/aromatic N) is 3. The molecule has 7 nitrogen and oxygen atoms in total. The molecule has 17 heavy (non-hydrogen) atoms. The maximum atomic E-state index is 11.4. The van der Waals surface area contributed by atoms with Gasteiger partial charge in [0.1, 0.15) is 12.4 Å². The number of hydrogen-bond acceptors (Lipinski definition) is 3. The number of carboxylic acid groups (broad SMARTS) is 1. The number of aryl methyl sites for hydroxylation is 1. The molecule has 0 unspecified atom stereocenters. The first kappa shape index (κ1) is 13.0. The second-order valence-corrected chi connectivity index (χ2v) is 3.69. The summed E-state index contributed by atoms with van der Waals surface area (Å²) in [6.45, 7) is 0.113. The van der Waals surface area contributed by atoms with Gasteiger partial charge in [-0.1, -0.05) is 0 Å². The van der Waals surface area contributed by atoms with Crippen LogP contribution in [0.15, 0.2) is 12.4 Å². The number of urea groups is 1. The predicted molar refractivity (Wildman–Crippen MR) is 60.6 cm³/mol. The molecular formula is C10H16N4O3. The Morgan fingerprint density at radius 1 is 1.59 bits per heavy atom. The van der Waals surface area contributed by atoms with Gasteiger partial charge in [0.15, 0.2) is 0 Å². The second-order valence-electron chi connectivity index (χ2n) is 3.69. The summed E-state index contributed by atoms with van der Waals surface area (Å²) in [6, 6.07) is -0.401. The van der Waals surface area contributed by atoms with E-state index in [1.165, 1.54) is 7.05 Å². The molecule has 1 heterocycles. The minimum Gasteiger partial charge on any atom is -0.480 e. The molecule has 0 atom stereocenters. The molecule has 1 aromatic rings. The van der Waals surface area contributed by atoms with E-state index in [0.717, 1.165) is 10.7 Å². The summed E-state index contributed by atoms with van der Waals surface area (Å²) in [6.07, 6.45) is 4.12. The molecule has 1 aromatic heterocycles. The number of likely N-dealkylation sites (N-methyl/N-ethyl adjacent to an activating group) is 1. The van der Waals surface area contributed by atoms with Crippen LogP contribution in [0.3, 0.4) is 0 Å². The number of imidazole rings is 1. The molecule has 0 aliphatic rings. The minimum absolute atomic E-state index is 0.311. The Balaban J connectivity index is 2.29. The van der Waals surface area contributed by atoms with E-state index in [-0.39, 0.29) is 6.54 Å². The third-order valence-electron chi connectivity index (χ3n) is 2.26. The normalized spacial score (nSPS) is 10.0. The van der Waals surface area contributed by atoms with Gasteiger partial charge < -0.3 is 19.9 Å². The maximum Gasteiger partial charge on any atom is 0.323 e. The van der Waals surface area contributed by atoms with Crippen molar-refractivity contribution in [3.63, 3.8) is 0 Å². The van der Waals surface area contributed by atoms with Crippen LogP contribution >= 0.6 is 0 Å². The van der Waals surface area contributed by atoms with Crippen LogP contribution in [0.1, 0.15) is 5.82 Å². The van der Waals surface area contributed by atoms with E-state index < -0.39 is 12.0 Å². The first-order chi connectivity index (χ1) is 8.00. The average molecular weight is 240 g/mol. The number of aromatic nitrogens is 2. The lowest BCUT2D eigenvalue weighted by atomic mass is 10.4. The standard InChI is InChI=1S/C10H16N4O3/c1-13-6-5-11-8(13)3-4-12-10(17)14(2)7-9(15)16/h5-6H,3-4,7H2,1-2H3,(H,12,17)(H,15,16). The molecular weight excluding hydrogens is 224 g/mol. The van der Waals surface area contributed by atoms with Crippen LogP contribution in [-0.4, -0.2) is 51.7 Å². The third kappa shape index (κ3) is 4.13. The maximum absolute atomic E-state index is 11.4. The highest BCUT2D eigenvalue weighted by atomic mass is 16.4. The van der Waals surface area contributed by atoms with E-state index in [9.17, 15) is 9.59 Å². The van der Waals surface area contributed by atoms with Crippen LogP contribution in [-0.2, 0) is 18.3 Å². The molecule has 0 aliphatic carbocycles. The molecule has 0 spiro atoms. The summed E-state index contributed by atoms with van der Waals surface area (Å²) in [7, 11) is 3.31. The van der Waals surface area contributed by atoms with Crippen molar-refractivity contribution < 1.29 is 14.7 Å². The fourth-order valence-electron chi connectivity index (χ4n) is 1.33. The predicted octanol–water partition coefficient (Wildman–Crippen LogP) is -0.311. The Hall–Kier alpha value is -2.05. The lowest BCUT2D eigenvalue weighted by molar-refractivity contribution is -0.137. The first-order valence-corrected chi connectivity index (χ1v) is 5.17. The van der Waals surface area contributed by atoms with Gasteiger partial charge in [0.25, 0.3) is 0 Å². The zero-order valence-electron chi connectivity index (χ0n) is 9.88. The van der Waals surface area contributed by atoms with Gasteiger partial charge in [0.05, 0.1) is 0 Å². The molecule has 0 aromatic carbocycles. The summed E-state index contributed by atoms with van der Waals surface area (Å²) >= 11 is 0. The number of nitrogens with one attached hydrogen (secondary N) is 1. The lowest BCUT2D eigenvalue weighted by Gasteiger charge is -2.15. The Kier molecular flexibility index (Phi) is 4.50. The number of carboxylic acids is 1. The van der Waals surface area contributed by atoms with Gasteiger partial charge in [0.2, 0.25) is 0 Å². The van der Waals surface area contributed by atoms with Crippen molar-refractivity contribution in [3.8, 4) is 0 Å². The molecule has 1 rings (SSSR count). The van der Waals surface area contributed by atoms with Gasteiger partial charge in [-0.2, -0.15) is 0 Å². The second kappa shape index (κ2) is 5.88. The average Bonchev–Trinajstić information content (AvgIpc) is 2.63. The summed E-state index contributed by atoms with van der Waals surface area (Å²) in [5.74, 6) is -0.169. The quantitative estimate of drug-likeness (QED) is 0.739. The third-order valence-corrected chi connectivity index (χ3v) is 2.26. The van der Waals surface area contributed by atoms with Crippen LogP contribution in [0.5, 0.6) is 0 Å². The molecule has 0 saturated heterocycles. The van der Waals surface area contributed by atoms with Crippen molar-refractivity contribution in [1.29, 1.82) is 0 Å². The zero-order chi connectivity index (χ0) is 12.8. The SMILES string of the molecule is CN(CC(=O)O)C(=O)NCCc1nccn1C. The van der Waals surface area contributed by atoms with E-state index in [2.05, 4.69) is 10.3 Å². The fraction of sp³-hybridized carbons (Fsp3) is 0.500. The van der Waals surface area contributed by atoms with E-state index in [1.807, 2.05) is 17.8 Å². The summed E-state index contributed by atoms with van der Waals surface area (Å²) in [4.78, 5) is 27.0. The van der Waals surface area contributed by atoms with E-state index in [4.69, 9.17) is 5.11 Å². The van der Waals surface area contributed by atoms with Crippen molar-refractivity contribution >= 4 is 12.0 Å². The van der Waals surface area contributed by atoms with Crippen molar-refractivity contribution in [1.82, 2.24) is 19.8 Å². The highest BCUT2D eigenvalue weighted by Gasteiger charge is 2.11. The largest absolute Gasteiger partial charge is 0.480 e. The van der Waals surface area contributed by atoms with Crippen LogP contribution in [0.25, 0.3) is 0 Å². The number of carbonyl (C=O) groups excluding carboxylic acids is 1. The number of rotatable bonds is 5. The van der Waals surface area contributed by atoms with Gasteiger partial charge in [-0.15, -0.1) is 0 Å². The fourth-order valence-corrected chi connectivity index (χ4v) is 1.33. The number of amides is 2. The molecule has 2 amide bonds.